The van der Waals surface area contributed by atoms with Crippen molar-refractivity contribution in [3.63, 3.8) is 0 Å². The number of nitriles is 1. The van der Waals surface area contributed by atoms with Crippen molar-refractivity contribution in [3.05, 3.63) is 80.0 Å². The van der Waals surface area contributed by atoms with E-state index in [9.17, 15) is 33.3 Å². The fourth-order valence-corrected chi connectivity index (χ4v) is 4.71. The molecule has 4 rings (SSSR count). The van der Waals surface area contributed by atoms with Crippen LogP contribution in [-0.4, -0.2) is 16.5 Å². The molecule has 1 aliphatic carbocycles. The molecule has 1 heterocycles. The van der Waals surface area contributed by atoms with Crippen LogP contribution in [0.5, 0.6) is 0 Å². The topological polar surface area (TPSA) is 111 Å². The number of anilines is 1. The quantitative estimate of drug-likeness (QED) is 0.421. The molecule has 0 saturated carbocycles. The van der Waals surface area contributed by atoms with Gasteiger partial charge in [-0.2, -0.15) is 18.4 Å². The second kappa shape index (κ2) is 8.57. The molecule has 0 radical (unpaired) electrons. The number of halogens is 4. The van der Waals surface area contributed by atoms with Crippen LogP contribution < -0.4 is 4.90 Å². The van der Waals surface area contributed by atoms with Gasteiger partial charge in [-0.3, -0.25) is 25.2 Å². The fourth-order valence-electron chi connectivity index (χ4n) is 4.50. The van der Waals surface area contributed by atoms with Crippen LogP contribution in [0.3, 0.4) is 0 Å². The predicted octanol–water partition coefficient (Wildman–Crippen LogP) is 5.99. The minimum atomic E-state index is -4.67. The summed E-state index contributed by atoms with van der Waals surface area (Å²) < 4.78 is 40.2. The number of benzene rings is 2. The lowest BCUT2D eigenvalue weighted by atomic mass is 9.71. The summed E-state index contributed by atoms with van der Waals surface area (Å²) in [5.74, 6) is -2.93. The molecule has 7 nitrogen and oxygen atoms in total. The van der Waals surface area contributed by atoms with Gasteiger partial charge in [0.25, 0.3) is 5.69 Å². The summed E-state index contributed by atoms with van der Waals surface area (Å²) in [5.41, 5.74) is -0.620. The zero-order valence-electron chi connectivity index (χ0n) is 17.4. The zero-order chi connectivity index (χ0) is 24.8. The van der Waals surface area contributed by atoms with Crippen LogP contribution in [0.2, 0.25) is 5.02 Å². The third kappa shape index (κ3) is 3.92. The third-order valence-corrected chi connectivity index (χ3v) is 6.29. The third-order valence-electron chi connectivity index (χ3n) is 5.97. The Bertz CT molecular complexity index is 1300. The standard InChI is InChI=1S/C23H16ClF3N4O3/c24-16-8-7-13(23(25,26)27)10-18(16)30-17-5-2-6-19(32)21(17)20(15(11-28)22(30)29)12-3-1-4-14(9-12)31(33)34/h1,3-4,7-10,15,20,29H,2,5-6H2. The number of alkyl halides is 3. The lowest BCUT2D eigenvalue weighted by molar-refractivity contribution is -0.384. The molecule has 2 atom stereocenters. The number of nitro groups is 1. The molecule has 0 spiro atoms. The molecule has 174 valence electrons. The van der Waals surface area contributed by atoms with Gasteiger partial charge in [0.2, 0.25) is 0 Å². The van der Waals surface area contributed by atoms with E-state index in [-0.39, 0.29) is 52.1 Å². The number of Topliss-reactive ketones (excluding diaryl/α,β-unsaturated/α-hetero) is 1. The van der Waals surface area contributed by atoms with Gasteiger partial charge in [-0.15, -0.1) is 0 Å². The van der Waals surface area contributed by atoms with Gasteiger partial charge >= 0.3 is 6.18 Å². The van der Waals surface area contributed by atoms with E-state index < -0.39 is 28.5 Å². The number of non-ortho nitro benzene ring substituents is 1. The number of ketones is 1. The van der Waals surface area contributed by atoms with Crippen LogP contribution >= 0.6 is 11.6 Å². The summed E-state index contributed by atoms with van der Waals surface area (Å²) in [4.78, 5) is 24.9. The Hall–Kier alpha value is -3.71. The number of nitrogens with one attached hydrogen (secondary N) is 1. The maximum Gasteiger partial charge on any atom is 0.416 e. The summed E-state index contributed by atoms with van der Waals surface area (Å²) in [6.45, 7) is 0. The summed E-state index contributed by atoms with van der Waals surface area (Å²) in [7, 11) is 0. The highest BCUT2D eigenvalue weighted by Gasteiger charge is 2.46. The van der Waals surface area contributed by atoms with Crippen molar-refractivity contribution in [1.29, 1.82) is 10.7 Å². The molecule has 2 aromatic rings. The number of carbonyl (C=O) groups is 1. The highest BCUT2D eigenvalue weighted by molar-refractivity contribution is 6.34. The van der Waals surface area contributed by atoms with Crippen LogP contribution in [0.25, 0.3) is 0 Å². The van der Waals surface area contributed by atoms with Crippen molar-refractivity contribution >= 4 is 34.6 Å². The molecule has 1 aliphatic heterocycles. The van der Waals surface area contributed by atoms with Crippen LogP contribution in [0.15, 0.2) is 53.7 Å². The summed E-state index contributed by atoms with van der Waals surface area (Å²) in [6, 6.07) is 10.1. The van der Waals surface area contributed by atoms with Crippen LogP contribution in [0.4, 0.5) is 24.5 Å². The maximum atomic E-state index is 13.4. The first-order valence-corrected chi connectivity index (χ1v) is 10.6. The lowest BCUT2D eigenvalue weighted by Crippen LogP contribution is -2.46. The highest BCUT2D eigenvalue weighted by atomic mass is 35.5. The molecule has 0 bridgehead atoms. The molecule has 2 unspecified atom stereocenters. The normalized spacial score (nSPS) is 20.7. The van der Waals surface area contributed by atoms with Gasteiger partial charge in [-0.05, 0) is 36.6 Å². The SMILES string of the molecule is N#CC1C(=N)N(c2cc(C(F)(F)F)ccc2Cl)C2=C(C(=O)CCC2)C1c1cccc([N+](=O)[O-])c1. The fraction of sp³-hybridized carbons (Fsp3) is 0.261. The van der Waals surface area contributed by atoms with E-state index in [0.717, 1.165) is 23.1 Å². The van der Waals surface area contributed by atoms with E-state index in [4.69, 9.17) is 17.0 Å². The van der Waals surface area contributed by atoms with E-state index in [1.807, 2.05) is 6.07 Å². The van der Waals surface area contributed by atoms with Crippen molar-refractivity contribution in [2.24, 2.45) is 5.92 Å². The van der Waals surface area contributed by atoms with Crippen molar-refractivity contribution in [1.82, 2.24) is 0 Å². The molecule has 2 aliphatic rings. The van der Waals surface area contributed by atoms with Crippen molar-refractivity contribution in [3.8, 4) is 6.07 Å². The smallest absolute Gasteiger partial charge is 0.300 e. The number of hydrogen-bond acceptors (Lipinski definition) is 5. The Morgan fingerprint density at radius 2 is 1.94 bits per heavy atom. The monoisotopic (exact) mass is 488 g/mol. The Labute approximate surface area is 196 Å². The first kappa shape index (κ1) is 23.4. The van der Waals surface area contributed by atoms with Crippen molar-refractivity contribution < 1.29 is 22.9 Å². The number of allylic oxidation sites excluding steroid dienone is 2. The summed E-state index contributed by atoms with van der Waals surface area (Å²) in [6.07, 6.45) is -3.85. The van der Waals surface area contributed by atoms with Gasteiger partial charge in [-0.1, -0.05) is 23.7 Å². The van der Waals surface area contributed by atoms with E-state index in [1.54, 1.807) is 0 Å². The highest BCUT2D eigenvalue weighted by Crippen LogP contribution is 2.48. The Morgan fingerprint density at radius 3 is 2.59 bits per heavy atom. The average Bonchev–Trinajstić information content (AvgIpc) is 2.78. The Balaban J connectivity index is 1.97. The molecule has 0 amide bonds. The molecule has 34 heavy (non-hydrogen) atoms. The minimum Gasteiger partial charge on any atom is -0.300 e. The first-order valence-electron chi connectivity index (χ1n) is 10.2. The van der Waals surface area contributed by atoms with Crippen molar-refractivity contribution in [2.75, 3.05) is 4.90 Å². The molecule has 0 fully saturated rings. The number of hydrogen-bond donors (Lipinski definition) is 1. The zero-order valence-corrected chi connectivity index (χ0v) is 18.2. The molecule has 11 heteroatoms. The van der Waals surface area contributed by atoms with Crippen molar-refractivity contribution in [2.45, 2.75) is 31.4 Å². The average molecular weight is 489 g/mol. The van der Waals surface area contributed by atoms with Gasteiger partial charge in [0, 0.05) is 35.7 Å². The van der Waals surface area contributed by atoms with Crippen LogP contribution in [-0.2, 0) is 11.0 Å². The Kier molecular flexibility index (Phi) is 5.91. The Morgan fingerprint density at radius 1 is 1.21 bits per heavy atom. The summed E-state index contributed by atoms with van der Waals surface area (Å²) >= 11 is 6.24. The van der Waals surface area contributed by atoms with E-state index in [1.165, 1.54) is 24.3 Å². The van der Waals surface area contributed by atoms with Gasteiger partial charge in [0.15, 0.2) is 5.78 Å². The molecule has 0 aromatic heterocycles. The molecule has 1 N–H and O–H groups in total. The number of amidine groups is 1. The first-order chi connectivity index (χ1) is 16.0. The number of carbonyl (C=O) groups excluding carboxylic acids is 1. The minimum absolute atomic E-state index is 0.0758. The van der Waals surface area contributed by atoms with E-state index >= 15 is 0 Å². The second-order valence-corrected chi connectivity index (χ2v) is 8.37. The van der Waals surface area contributed by atoms with Gasteiger partial charge in [0.05, 0.1) is 27.3 Å². The molecule has 0 saturated heterocycles. The maximum absolute atomic E-state index is 13.4. The molecular formula is C23H16ClF3N4O3. The van der Waals surface area contributed by atoms with Gasteiger partial charge in [0.1, 0.15) is 11.8 Å². The van der Waals surface area contributed by atoms with Crippen LogP contribution in [0.1, 0.15) is 36.3 Å². The summed E-state index contributed by atoms with van der Waals surface area (Å²) in [5, 5.41) is 29.9. The van der Waals surface area contributed by atoms with E-state index in [0.29, 0.717) is 12.0 Å². The lowest BCUT2D eigenvalue weighted by Gasteiger charge is -2.42. The number of rotatable bonds is 3. The molecular weight excluding hydrogens is 473 g/mol. The van der Waals surface area contributed by atoms with Gasteiger partial charge in [-0.25, -0.2) is 0 Å². The van der Waals surface area contributed by atoms with E-state index in [2.05, 4.69) is 0 Å². The number of nitro benzene ring substituents is 1. The predicted molar refractivity (Wildman–Crippen MR) is 117 cm³/mol. The second-order valence-electron chi connectivity index (χ2n) is 7.96. The molecule has 2 aromatic carbocycles. The van der Waals surface area contributed by atoms with Crippen LogP contribution in [0, 0.1) is 32.8 Å². The largest absolute Gasteiger partial charge is 0.416 e. The number of nitrogens with zero attached hydrogens (tertiary/aromatic N) is 3. The van der Waals surface area contributed by atoms with Gasteiger partial charge < -0.3 is 0 Å².